The molecule has 0 saturated carbocycles. The monoisotopic (exact) mass is 532 g/mol. The minimum absolute atomic E-state index is 0.0500. The maximum Gasteiger partial charge on any atom is 0.341 e. The minimum Gasteiger partial charge on any atom is -0.465 e. The van der Waals surface area contributed by atoms with E-state index < -0.39 is 28.4 Å². The van der Waals surface area contributed by atoms with Crippen molar-refractivity contribution in [3.63, 3.8) is 0 Å². The maximum absolute atomic E-state index is 13.6. The van der Waals surface area contributed by atoms with Gasteiger partial charge in [-0.2, -0.15) is 0 Å². The van der Waals surface area contributed by atoms with Gasteiger partial charge in [0.1, 0.15) is 11.5 Å². The number of sulfonamides is 1. The van der Waals surface area contributed by atoms with Gasteiger partial charge in [-0.1, -0.05) is 35.9 Å². The summed E-state index contributed by atoms with van der Waals surface area (Å²) in [5, 5.41) is 3.51. The third-order valence-corrected chi connectivity index (χ3v) is 9.09. The molecule has 1 aromatic heterocycles. The second-order valence-corrected chi connectivity index (χ2v) is 11.6. The number of ether oxygens (including phenoxy) is 1. The van der Waals surface area contributed by atoms with E-state index in [2.05, 4.69) is 5.32 Å². The van der Waals surface area contributed by atoms with Crippen LogP contribution in [0.5, 0.6) is 0 Å². The summed E-state index contributed by atoms with van der Waals surface area (Å²) < 4.78 is 33.2. The Labute approximate surface area is 213 Å². The maximum atomic E-state index is 13.6. The van der Waals surface area contributed by atoms with Crippen LogP contribution in [0.3, 0.4) is 0 Å². The molecule has 0 aliphatic heterocycles. The van der Waals surface area contributed by atoms with Gasteiger partial charge in [0.2, 0.25) is 5.91 Å². The smallest absolute Gasteiger partial charge is 0.341 e. The lowest BCUT2D eigenvalue weighted by Gasteiger charge is -2.25. The van der Waals surface area contributed by atoms with Crippen molar-refractivity contribution >= 4 is 55.5 Å². The van der Waals surface area contributed by atoms with Gasteiger partial charge in [-0.25, -0.2) is 13.2 Å². The molecule has 0 fully saturated rings. The van der Waals surface area contributed by atoms with E-state index in [1.807, 2.05) is 0 Å². The highest BCUT2D eigenvalue weighted by molar-refractivity contribution is 7.92. The zero-order valence-electron chi connectivity index (χ0n) is 19.3. The number of hydrogen-bond acceptors (Lipinski definition) is 6. The quantitative estimate of drug-likeness (QED) is 0.422. The molecule has 2 aromatic carbocycles. The van der Waals surface area contributed by atoms with Gasteiger partial charge in [0.05, 0.1) is 23.3 Å². The summed E-state index contributed by atoms with van der Waals surface area (Å²) in [5.41, 5.74) is 2.21. The zero-order valence-corrected chi connectivity index (χ0v) is 21.7. The van der Waals surface area contributed by atoms with E-state index >= 15 is 0 Å². The molecule has 0 saturated heterocycles. The van der Waals surface area contributed by atoms with Gasteiger partial charge in [0.25, 0.3) is 10.0 Å². The number of methoxy groups -OCH3 is 1. The van der Waals surface area contributed by atoms with Gasteiger partial charge >= 0.3 is 5.97 Å². The third-order valence-electron chi connectivity index (χ3n) is 5.87. The van der Waals surface area contributed by atoms with Gasteiger partial charge in [-0.15, -0.1) is 11.3 Å². The molecule has 1 heterocycles. The Balaban J connectivity index is 1.71. The van der Waals surface area contributed by atoms with Crippen LogP contribution in [0.2, 0.25) is 5.02 Å². The third kappa shape index (κ3) is 5.22. The summed E-state index contributed by atoms with van der Waals surface area (Å²) in [6.45, 7) is 1.25. The first-order valence-corrected chi connectivity index (χ1v) is 13.7. The van der Waals surface area contributed by atoms with E-state index in [0.29, 0.717) is 26.8 Å². The average molecular weight is 533 g/mol. The molecular weight excluding hydrogens is 508 g/mol. The highest BCUT2D eigenvalue weighted by Gasteiger charge is 2.31. The number of hydrogen-bond donors (Lipinski definition) is 1. The van der Waals surface area contributed by atoms with E-state index in [-0.39, 0.29) is 4.90 Å². The van der Waals surface area contributed by atoms with Crippen LogP contribution in [-0.2, 0) is 32.4 Å². The number of carbonyl (C=O) groups excluding carboxylic acids is 2. The molecule has 184 valence electrons. The Morgan fingerprint density at radius 3 is 2.54 bits per heavy atom. The predicted molar refractivity (Wildman–Crippen MR) is 138 cm³/mol. The highest BCUT2D eigenvalue weighted by Crippen LogP contribution is 2.39. The number of halogens is 1. The predicted octanol–water partition coefficient (Wildman–Crippen LogP) is 5.21. The number of amides is 1. The van der Waals surface area contributed by atoms with Gasteiger partial charge < -0.3 is 10.1 Å². The molecule has 4 rings (SSSR count). The number of nitrogens with zero attached hydrogens (tertiary/aromatic N) is 1. The van der Waals surface area contributed by atoms with Crippen LogP contribution in [0, 0.1) is 6.92 Å². The Hall–Kier alpha value is -2.88. The molecule has 10 heteroatoms. The van der Waals surface area contributed by atoms with Gasteiger partial charge in [0, 0.05) is 9.90 Å². The molecule has 0 spiro atoms. The highest BCUT2D eigenvalue weighted by atomic mass is 35.5. The van der Waals surface area contributed by atoms with Crippen molar-refractivity contribution in [2.45, 2.75) is 37.5 Å². The van der Waals surface area contributed by atoms with Crippen molar-refractivity contribution in [3.05, 3.63) is 75.1 Å². The topological polar surface area (TPSA) is 92.8 Å². The van der Waals surface area contributed by atoms with E-state index in [1.165, 1.54) is 36.6 Å². The summed E-state index contributed by atoms with van der Waals surface area (Å²) in [7, 11) is -2.79. The summed E-state index contributed by atoms with van der Waals surface area (Å²) in [4.78, 5) is 26.9. The lowest BCUT2D eigenvalue weighted by Crippen LogP contribution is -2.38. The molecule has 1 N–H and O–H groups in total. The SMILES string of the molecule is COC(=O)c1c(NC(=O)CN(c2cc(Cl)ccc2C)S(=O)(=O)c2ccccc2)sc2c1CCCC2. The zero-order chi connectivity index (χ0) is 25.2. The number of nitrogens with one attached hydrogen (secondary N) is 1. The molecule has 7 nitrogen and oxygen atoms in total. The van der Waals surface area contributed by atoms with Crippen molar-refractivity contribution in [1.29, 1.82) is 0 Å². The van der Waals surface area contributed by atoms with Crippen LogP contribution in [-0.4, -0.2) is 33.9 Å². The largest absolute Gasteiger partial charge is 0.465 e. The van der Waals surface area contributed by atoms with Crippen LogP contribution >= 0.6 is 22.9 Å². The number of fused-ring (bicyclic) bond motifs is 1. The number of benzene rings is 2. The molecule has 0 unspecified atom stereocenters. The number of carbonyl (C=O) groups is 2. The Morgan fingerprint density at radius 1 is 1.11 bits per heavy atom. The standard InChI is InChI=1S/C25H25ClN2O5S2/c1-16-12-13-17(26)14-20(16)28(35(31,32)18-8-4-3-5-9-18)15-22(29)27-24-23(25(30)33-2)19-10-6-7-11-21(19)34-24/h3-5,8-9,12-14H,6-7,10-11,15H2,1-2H3,(H,27,29). The Morgan fingerprint density at radius 2 is 1.83 bits per heavy atom. The molecule has 1 amide bonds. The normalized spacial score (nSPS) is 13.1. The number of anilines is 2. The van der Waals surface area contributed by atoms with Gasteiger partial charge in [0.15, 0.2) is 0 Å². The molecule has 1 aliphatic rings. The number of aryl methyl sites for hydroxylation is 2. The molecule has 0 radical (unpaired) electrons. The van der Waals surface area contributed by atoms with Crippen molar-refractivity contribution in [2.24, 2.45) is 0 Å². The summed E-state index contributed by atoms with van der Waals surface area (Å²) >= 11 is 7.53. The summed E-state index contributed by atoms with van der Waals surface area (Å²) in [5.74, 6) is -1.09. The summed E-state index contributed by atoms with van der Waals surface area (Å²) in [6, 6.07) is 12.8. The van der Waals surface area contributed by atoms with Crippen LogP contribution < -0.4 is 9.62 Å². The van der Waals surface area contributed by atoms with E-state index in [0.717, 1.165) is 40.4 Å². The number of thiophene rings is 1. The minimum atomic E-state index is -4.09. The van der Waals surface area contributed by atoms with Crippen LogP contribution in [0.1, 0.15) is 39.2 Å². The lowest BCUT2D eigenvalue weighted by atomic mass is 9.95. The van der Waals surface area contributed by atoms with Crippen LogP contribution in [0.25, 0.3) is 0 Å². The molecular formula is C25H25ClN2O5S2. The molecule has 1 aliphatic carbocycles. The molecule has 0 bridgehead atoms. The average Bonchev–Trinajstić information content (AvgIpc) is 3.21. The Kier molecular flexibility index (Phi) is 7.49. The Bertz CT molecular complexity index is 1370. The first kappa shape index (κ1) is 25.2. The van der Waals surface area contributed by atoms with E-state index in [4.69, 9.17) is 16.3 Å². The number of rotatable bonds is 7. The van der Waals surface area contributed by atoms with E-state index in [1.54, 1.807) is 37.3 Å². The first-order chi connectivity index (χ1) is 16.7. The fourth-order valence-electron chi connectivity index (χ4n) is 4.14. The van der Waals surface area contributed by atoms with Gasteiger partial charge in [-0.05, 0) is 68.0 Å². The lowest BCUT2D eigenvalue weighted by molar-refractivity contribution is -0.114. The van der Waals surface area contributed by atoms with Crippen molar-refractivity contribution in [3.8, 4) is 0 Å². The van der Waals surface area contributed by atoms with Crippen molar-refractivity contribution in [2.75, 3.05) is 23.3 Å². The van der Waals surface area contributed by atoms with Crippen molar-refractivity contribution in [1.82, 2.24) is 0 Å². The second kappa shape index (κ2) is 10.4. The van der Waals surface area contributed by atoms with E-state index in [9.17, 15) is 18.0 Å². The first-order valence-electron chi connectivity index (χ1n) is 11.1. The molecule has 35 heavy (non-hydrogen) atoms. The number of esters is 1. The second-order valence-electron chi connectivity index (χ2n) is 8.21. The van der Waals surface area contributed by atoms with Crippen molar-refractivity contribution < 1.29 is 22.7 Å². The molecule has 0 atom stereocenters. The fourth-order valence-corrected chi connectivity index (χ4v) is 7.10. The van der Waals surface area contributed by atoms with Gasteiger partial charge in [-0.3, -0.25) is 9.10 Å². The molecule has 3 aromatic rings. The van der Waals surface area contributed by atoms with Crippen LogP contribution in [0.4, 0.5) is 10.7 Å². The summed E-state index contributed by atoms with van der Waals surface area (Å²) in [6.07, 6.45) is 3.54. The van der Waals surface area contributed by atoms with Crippen LogP contribution in [0.15, 0.2) is 53.4 Å². The fraction of sp³-hybridized carbons (Fsp3) is 0.280.